The van der Waals surface area contributed by atoms with E-state index in [0.29, 0.717) is 19.0 Å². The Morgan fingerprint density at radius 1 is 1.70 bits per heavy atom. The van der Waals surface area contributed by atoms with Crippen molar-refractivity contribution in [3.63, 3.8) is 0 Å². The van der Waals surface area contributed by atoms with Crippen molar-refractivity contribution in [1.29, 1.82) is 0 Å². The van der Waals surface area contributed by atoms with Gasteiger partial charge in [0, 0.05) is 6.61 Å². The number of hydrogen-bond donors (Lipinski definition) is 0. The Bertz CT molecular complexity index is 234. The molecule has 0 spiro atoms. The van der Waals surface area contributed by atoms with Crippen molar-refractivity contribution in [2.75, 3.05) is 6.61 Å². The molecule has 0 atom stereocenters. The molecular formula is C6H8O4. The minimum Gasteiger partial charge on any atom is -0.399 e. The Morgan fingerprint density at radius 3 is 3.00 bits per heavy atom. The lowest BCUT2D eigenvalue weighted by Gasteiger charge is -1.92. The molecule has 1 rings (SSSR count). The van der Waals surface area contributed by atoms with E-state index in [1.54, 1.807) is 0 Å². The number of ether oxygens (including phenoxy) is 1. The Kier molecular flexibility index (Phi) is 2.28. The van der Waals surface area contributed by atoms with Crippen LogP contribution in [-0.2, 0) is 11.3 Å². The molecule has 0 radical (unpaired) electrons. The summed E-state index contributed by atoms with van der Waals surface area (Å²) in [5, 5.41) is 0. The average molecular weight is 144 g/mol. The van der Waals surface area contributed by atoms with Gasteiger partial charge in [0.25, 0.3) is 0 Å². The summed E-state index contributed by atoms with van der Waals surface area (Å²) in [6, 6.07) is 0. The lowest BCUT2D eigenvalue weighted by Crippen LogP contribution is -1.91. The Labute approximate surface area is 57.4 Å². The van der Waals surface area contributed by atoms with E-state index in [4.69, 9.17) is 4.74 Å². The second-order valence-corrected chi connectivity index (χ2v) is 1.69. The monoisotopic (exact) mass is 144 g/mol. The van der Waals surface area contributed by atoms with Crippen LogP contribution in [0.5, 0.6) is 0 Å². The van der Waals surface area contributed by atoms with E-state index in [-0.39, 0.29) is 0 Å². The fourth-order valence-corrected chi connectivity index (χ4v) is 0.535. The second-order valence-electron chi connectivity index (χ2n) is 1.69. The van der Waals surface area contributed by atoms with Gasteiger partial charge in [-0.25, -0.2) is 4.79 Å². The van der Waals surface area contributed by atoms with Crippen molar-refractivity contribution < 1.29 is 13.6 Å². The van der Waals surface area contributed by atoms with Gasteiger partial charge in [0.15, 0.2) is 5.76 Å². The van der Waals surface area contributed by atoms with Crippen LogP contribution in [0.25, 0.3) is 0 Å². The summed E-state index contributed by atoms with van der Waals surface area (Å²) in [6.07, 6.45) is 1.25. The lowest BCUT2D eigenvalue weighted by molar-refractivity contribution is 0.117. The fraction of sp³-hybridized carbons (Fsp3) is 0.500. The highest BCUT2D eigenvalue weighted by molar-refractivity contribution is 4.80. The van der Waals surface area contributed by atoms with E-state index in [0.717, 1.165) is 0 Å². The molecule has 0 unspecified atom stereocenters. The van der Waals surface area contributed by atoms with E-state index in [1.165, 1.54) is 6.26 Å². The topological polar surface area (TPSA) is 52.6 Å². The molecule has 4 heteroatoms. The molecule has 0 saturated carbocycles. The van der Waals surface area contributed by atoms with Crippen LogP contribution in [-0.4, -0.2) is 6.61 Å². The Hall–Kier alpha value is -1.03. The van der Waals surface area contributed by atoms with Gasteiger partial charge in [0.1, 0.15) is 12.9 Å². The molecule has 0 aliphatic carbocycles. The molecular weight excluding hydrogens is 136 g/mol. The van der Waals surface area contributed by atoms with Gasteiger partial charge in [0.2, 0.25) is 0 Å². The Balaban J connectivity index is 2.50. The van der Waals surface area contributed by atoms with Gasteiger partial charge in [-0.3, -0.25) is 0 Å². The standard InChI is InChI=1S/C6H8O4/c1-2-8-3-5-4-9-6(7)10-5/h4H,2-3H2,1H3. The number of hydrogen-bond acceptors (Lipinski definition) is 4. The quantitative estimate of drug-likeness (QED) is 0.628. The van der Waals surface area contributed by atoms with E-state index in [1.807, 2.05) is 6.92 Å². The van der Waals surface area contributed by atoms with E-state index < -0.39 is 5.82 Å². The summed E-state index contributed by atoms with van der Waals surface area (Å²) in [5.74, 6) is -0.262. The zero-order valence-corrected chi connectivity index (χ0v) is 5.62. The highest BCUT2D eigenvalue weighted by Gasteiger charge is 1.98. The van der Waals surface area contributed by atoms with Crippen molar-refractivity contribution >= 4 is 0 Å². The van der Waals surface area contributed by atoms with Crippen LogP contribution in [0.1, 0.15) is 12.7 Å². The minimum absolute atomic E-state index is 0.294. The molecule has 0 saturated heterocycles. The molecule has 56 valence electrons. The smallest absolute Gasteiger partial charge is 0.399 e. The minimum atomic E-state index is -0.685. The molecule has 0 fully saturated rings. The van der Waals surface area contributed by atoms with Crippen molar-refractivity contribution in [1.82, 2.24) is 0 Å². The molecule has 1 heterocycles. The molecule has 0 N–H and O–H groups in total. The summed E-state index contributed by atoms with van der Waals surface area (Å²) in [4.78, 5) is 10.3. The van der Waals surface area contributed by atoms with Gasteiger partial charge in [-0.1, -0.05) is 0 Å². The molecule has 1 aromatic rings. The summed E-state index contributed by atoms with van der Waals surface area (Å²) < 4.78 is 13.8. The van der Waals surface area contributed by atoms with Crippen LogP contribution in [0.2, 0.25) is 0 Å². The van der Waals surface area contributed by atoms with Crippen LogP contribution in [0.3, 0.4) is 0 Å². The van der Waals surface area contributed by atoms with Crippen LogP contribution in [0.15, 0.2) is 19.9 Å². The van der Waals surface area contributed by atoms with Crippen molar-refractivity contribution in [3.05, 3.63) is 22.6 Å². The van der Waals surface area contributed by atoms with Crippen molar-refractivity contribution in [2.24, 2.45) is 0 Å². The van der Waals surface area contributed by atoms with Gasteiger partial charge >= 0.3 is 5.82 Å². The third-order valence-electron chi connectivity index (χ3n) is 0.949. The van der Waals surface area contributed by atoms with Crippen LogP contribution in [0.4, 0.5) is 0 Å². The highest BCUT2D eigenvalue weighted by atomic mass is 16.6. The predicted octanol–water partition coefficient (Wildman–Crippen LogP) is 0.769. The van der Waals surface area contributed by atoms with Crippen LogP contribution >= 0.6 is 0 Å². The first kappa shape index (κ1) is 7.08. The molecule has 0 aromatic carbocycles. The maximum Gasteiger partial charge on any atom is 0.518 e. The van der Waals surface area contributed by atoms with Gasteiger partial charge in [-0.15, -0.1) is 0 Å². The normalized spacial score (nSPS) is 10.1. The van der Waals surface area contributed by atoms with Crippen molar-refractivity contribution in [3.8, 4) is 0 Å². The zero-order chi connectivity index (χ0) is 7.40. The molecule has 4 nitrogen and oxygen atoms in total. The van der Waals surface area contributed by atoms with E-state index >= 15 is 0 Å². The molecule has 10 heavy (non-hydrogen) atoms. The summed E-state index contributed by atoms with van der Waals surface area (Å²) >= 11 is 0. The fourth-order valence-electron chi connectivity index (χ4n) is 0.535. The predicted molar refractivity (Wildman–Crippen MR) is 32.6 cm³/mol. The van der Waals surface area contributed by atoms with Gasteiger partial charge in [0.05, 0.1) is 0 Å². The first-order chi connectivity index (χ1) is 4.83. The average Bonchev–Trinajstić information content (AvgIpc) is 2.31. The number of rotatable bonds is 3. The van der Waals surface area contributed by atoms with Gasteiger partial charge in [-0.2, -0.15) is 0 Å². The van der Waals surface area contributed by atoms with Crippen LogP contribution in [0, 0.1) is 0 Å². The highest BCUT2D eigenvalue weighted by Crippen LogP contribution is 1.96. The van der Waals surface area contributed by atoms with E-state index in [9.17, 15) is 4.79 Å². The summed E-state index contributed by atoms with van der Waals surface area (Å²) in [5.41, 5.74) is 0. The lowest BCUT2D eigenvalue weighted by atomic mass is 10.6. The first-order valence-corrected chi connectivity index (χ1v) is 2.98. The SMILES string of the molecule is CCOCc1coc(=O)o1. The maximum atomic E-state index is 10.3. The maximum absolute atomic E-state index is 10.3. The van der Waals surface area contributed by atoms with E-state index in [2.05, 4.69) is 8.83 Å². The summed E-state index contributed by atoms with van der Waals surface area (Å²) in [7, 11) is 0. The first-order valence-electron chi connectivity index (χ1n) is 2.98. The second kappa shape index (κ2) is 3.22. The third kappa shape index (κ3) is 1.73. The Morgan fingerprint density at radius 2 is 2.50 bits per heavy atom. The summed E-state index contributed by atoms with van der Waals surface area (Å²) in [6.45, 7) is 2.75. The van der Waals surface area contributed by atoms with Crippen LogP contribution < -0.4 is 5.82 Å². The molecule has 0 bridgehead atoms. The van der Waals surface area contributed by atoms with Gasteiger partial charge in [-0.05, 0) is 6.92 Å². The molecule has 0 aliphatic heterocycles. The molecule has 0 amide bonds. The third-order valence-corrected chi connectivity index (χ3v) is 0.949. The molecule has 0 aliphatic rings. The van der Waals surface area contributed by atoms with Crippen molar-refractivity contribution in [2.45, 2.75) is 13.5 Å². The zero-order valence-electron chi connectivity index (χ0n) is 5.62. The largest absolute Gasteiger partial charge is 0.518 e. The molecule has 1 aromatic heterocycles. The van der Waals surface area contributed by atoms with Gasteiger partial charge < -0.3 is 13.6 Å².